The fourth-order valence-corrected chi connectivity index (χ4v) is 3.13. The Morgan fingerprint density at radius 1 is 1.33 bits per heavy atom. The van der Waals surface area contributed by atoms with Gasteiger partial charge in [0.1, 0.15) is 0 Å². The summed E-state index contributed by atoms with van der Waals surface area (Å²) in [6.07, 6.45) is 6.79. The highest BCUT2D eigenvalue weighted by molar-refractivity contribution is 7.98. The Hall–Kier alpha value is -0.510. The van der Waals surface area contributed by atoms with Crippen molar-refractivity contribution in [2.45, 2.75) is 43.2 Å². The van der Waals surface area contributed by atoms with Gasteiger partial charge in [0.15, 0.2) is 0 Å². The van der Waals surface area contributed by atoms with Crippen molar-refractivity contribution >= 4 is 11.8 Å². The molecule has 1 aliphatic heterocycles. The molecule has 2 rings (SSSR count). The molecule has 0 spiro atoms. The van der Waals surface area contributed by atoms with Crippen molar-refractivity contribution in [2.24, 2.45) is 0 Å². The minimum atomic E-state index is 0.326. The highest BCUT2D eigenvalue weighted by atomic mass is 32.2. The van der Waals surface area contributed by atoms with Crippen LogP contribution in [0.1, 0.15) is 31.2 Å². The first kappa shape index (κ1) is 13.9. The second-order valence-corrected chi connectivity index (χ2v) is 5.86. The first-order valence-electron chi connectivity index (χ1n) is 6.81. The number of aliphatic hydroxyl groups is 1. The van der Waals surface area contributed by atoms with Crippen LogP contribution in [0.3, 0.4) is 0 Å². The zero-order valence-corrected chi connectivity index (χ0v) is 12.0. The summed E-state index contributed by atoms with van der Waals surface area (Å²) in [5.41, 5.74) is 1.41. The standard InChI is InChI=1S/C15H23NOS/c1-18-15-8-6-13(7-9-15)12-16-10-2-4-14(16)5-3-11-17/h6-9,14,17H,2-5,10-12H2,1H3. The topological polar surface area (TPSA) is 23.5 Å². The molecule has 0 bridgehead atoms. The molecule has 1 atom stereocenters. The van der Waals surface area contributed by atoms with Gasteiger partial charge in [0.05, 0.1) is 0 Å². The molecule has 100 valence electrons. The van der Waals surface area contributed by atoms with Gasteiger partial charge < -0.3 is 5.11 Å². The summed E-state index contributed by atoms with van der Waals surface area (Å²) in [6, 6.07) is 9.58. The first-order valence-corrected chi connectivity index (χ1v) is 8.04. The zero-order chi connectivity index (χ0) is 12.8. The van der Waals surface area contributed by atoms with Gasteiger partial charge in [-0.05, 0) is 56.2 Å². The molecule has 1 aromatic rings. The maximum Gasteiger partial charge on any atom is 0.0431 e. The summed E-state index contributed by atoms with van der Waals surface area (Å²) in [5, 5.41) is 8.94. The summed E-state index contributed by atoms with van der Waals surface area (Å²) in [7, 11) is 0. The van der Waals surface area contributed by atoms with Crippen molar-refractivity contribution in [2.75, 3.05) is 19.4 Å². The van der Waals surface area contributed by atoms with Crippen molar-refractivity contribution in [3.8, 4) is 0 Å². The van der Waals surface area contributed by atoms with Gasteiger partial charge in [0.25, 0.3) is 0 Å². The van der Waals surface area contributed by atoms with Gasteiger partial charge in [-0.3, -0.25) is 4.90 Å². The summed E-state index contributed by atoms with van der Waals surface area (Å²) in [6.45, 7) is 2.60. The quantitative estimate of drug-likeness (QED) is 0.799. The van der Waals surface area contributed by atoms with Gasteiger partial charge in [0.2, 0.25) is 0 Å². The Labute approximate surface area is 114 Å². The zero-order valence-electron chi connectivity index (χ0n) is 11.1. The Morgan fingerprint density at radius 2 is 2.11 bits per heavy atom. The first-order chi connectivity index (χ1) is 8.83. The van der Waals surface area contributed by atoms with Crippen molar-refractivity contribution < 1.29 is 5.11 Å². The Balaban J connectivity index is 1.90. The number of likely N-dealkylation sites (tertiary alicyclic amines) is 1. The van der Waals surface area contributed by atoms with Crippen LogP contribution in [0.25, 0.3) is 0 Å². The van der Waals surface area contributed by atoms with Crippen molar-refractivity contribution in [1.29, 1.82) is 0 Å². The molecule has 18 heavy (non-hydrogen) atoms. The molecule has 1 unspecified atom stereocenters. The van der Waals surface area contributed by atoms with E-state index in [1.807, 2.05) is 0 Å². The van der Waals surface area contributed by atoms with Crippen LogP contribution in [-0.4, -0.2) is 35.5 Å². The average Bonchev–Trinajstić information content (AvgIpc) is 2.84. The van der Waals surface area contributed by atoms with E-state index in [1.165, 1.54) is 29.8 Å². The lowest BCUT2D eigenvalue weighted by molar-refractivity contribution is 0.210. The number of thioether (sulfide) groups is 1. The number of benzene rings is 1. The Bertz CT molecular complexity index is 352. The number of aliphatic hydroxyl groups excluding tert-OH is 1. The van der Waals surface area contributed by atoms with Gasteiger partial charge >= 0.3 is 0 Å². The Kier molecular flexibility index (Phi) is 5.54. The SMILES string of the molecule is CSc1ccc(CN2CCCC2CCCO)cc1. The normalized spacial score (nSPS) is 20.4. The number of hydrogen-bond donors (Lipinski definition) is 1. The predicted molar refractivity (Wildman–Crippen MR) is 78.0 cm³/mol. The van der Waals surface area contributed by atoms with Crippen LogP contribution in [-0.2, 0) is 6.54 Å². The fraction of sp³-hybridized carbons (Fsp3) is 0.600. The maximum atomic E-state index is 8.94. The lowest BCUT2D eigenvalue weighted by atomic mass is 10.1. The summed E-state index contributed by atoms with van der Waals surface area (Å²) in [4.78, 5) is 3.90. The minimum absolute atomic E-state index is 0.326. The molecular weight excluding hydrogens is 242 g/mol. The molecule has 0 aliphatic carbocycles. The largest absolute Gasteiger partial charge is 0.396 e. The molecule has 0 saturated carbocycles. The predicted octanol–water partition coefficient (Wildman–Crippen LogP) is 3.15. The van der Waals surface area contributed by atoms with Crippen LogP contribution in [0.5, 0.6) is 0 Å². The van der Waals surface area contributed by atoms with Crippen molar-refractivity contribution in [1.82, 2.24) is 4.90 Å². The van der Waals surface area contributed by atoms with E-state index in [0.717, 1.165) is 19.4 Å². The molecule has 1 saturated heterocycles. The minimum Gasteiger partial charge on any atom is -0.396 e. The van der Waals surface area contributed by atoms with Crippen molar-refractivity contribution in [3.05, 3.63) is 29.8 Å². The van der Waals surface area contributed by atoms with E-state index in [0.29, 0.717) is 12.6 Å². The smallest absolute Gasteiger partial charge is 0.0431 e. The lowest BCUT2D eigenvalue weighted by Gasteiger charge is -2.24. The molecule has 1 N–H and O–H groups in total. The maximum absolute atomic E-state index is 8.94. The molecule has 1 heterocycles. The van der Waals surface area contributed by atoms with Gasteiger partial charge in [-0.15, -0.1) is 11.8 Å². The highest BCUT2D eigenvalue weighted by Crippen LogP contribution is 2.24. The molecule has 3 heteroatoms. The summed E-state index contributed by atoms with van der Waals surface area (Å²) < 4.78 is 0. The van der Waals surface area contributed by atoms with Crippen LogP contribution in [0.2, 0.25) is 0 Å². The van der Waals surface area contributed by atoms with Crippen LogP contribution < -0.4 is 0 Å². The third-order valence-corrected chi connectivity index (χ3v) is 4.48. The molecule has 1 fully saturated rings. The summed E-state index contributed by atoms with van der Waals surface area (Å²) >= 11 is 1.79. The molecule has 0 amide bonds. The van der Waals surface area contributed by atoms with Crippen LogP contribution in [0.15, 0.2) is 29.2 Å². The van der Waals surface area contributed by atoms with E-state index < -0.39 is 0 Å². The molecule has 1 aliphatic rings. The van der Waals surface area contributed by atoms with E-state index in [4.69, 9.17) is 5.11 Å². The van der Waals surface area contributed by atoms with Crippen LogP contribution in [0.4, 0.5) is 0 Å². The molecule has 2 nitrogen and oxygen atoms in total. The highest BCUT2D eigenvalue weighted by Gasteiger charge is 2.23. The fourth-order valence-electron chi connectivity index (χ4n) is 2.72. The van der Waals surface area contributed by atoms with E-state index >= 15 is 0 Å². The third-order valence-electron chi connectivity index (χ3n) is 3.74. The van der Waals surface area contributed by atoms with Gasteiger partial charge in [-0.25, -0.2) is 0 Å². The molecule has 0 radical (unpaired) electrons. The monoisotopic (exact) mass is 265 g/mol. The number of rotatable bonds is 6. The summed E-state index contributed by atoms with van der Waals surface area (Å²) in [5.74, 6) is 0. The molecular formula is C15H23NOS. The van der Waals surface area contributed by atoms with E-state index in [-0.39, 0.29) is 0 Å². The van der Waals surface area contributed by atoms with Crippen molar-refractivity contribution in [3.63, 3.8) is 0 Å². The van der Waals surface area contributed by atoms with Gasteiger partial charge in [-0.2, -0.15) is 0 Å². The second-order valence-electron chi connectivity index (χ2n) is 4.98. The number of hydrogen-bond acceptors (Lipinski definition) is 3. The third kappa shape index (κ3) is 3.74. The van der Waals surface area contributed by atoms with Gasteiger partial charge in [0, 0.05) is 24.1 Å². The van der Waals surface area contributed by atoms with E-state index in [9.17, 15) is 0 Å². The van der Waals surface area contributed by atoms with E-state index in [1.54, 1.807) is 11.8 Å². The second kappa shape index (κ2) is 7.17. The lowest BCUT2D eigenvalue weighted by Crippen LogP contribution is -2.29. The van der Waals surface area contributed by atoms with Crippen LogP contribution in [0, 0.1) is 0 Å². The van der Waals surface area contributed by atoms with Gasteiger partial charge in [-0.1, -0.05) is 12.1 Å². The molecule has 0 aromatic heterocycles. The number of nitrogens with zero attached hydrogens (tertiary/aromatic N) is 1. The molecule has 1 aromatic carbocycles. The van der Waals surface area contributed by atoms with E-state index in [2.05, 4.69) is 35.4 Å². The average molecular weight is 265 g/mol. The van der Waals surface area contributed by atoms with Crippen LogP contribution >= 0.6 is 11.8 Å². The Morgan fingerprint density at radius 3 is 2.78 bits per heavy atom.